The van der Waals surface area contributed by atoms with Gasteiger partial charge in [-0.1, -0.05) is 6.92 Å². The standard InChI is InChI=1S/C12H20N2O3S/c1-3-9(2)14-18(15,16)12-7-6-11(17-12)8-13-10-4-5-10/h6-7,9-10,13-14H,3-5,8H2,1-2H3. The van der Waals surface area contributed by atoms with Gasteiger partial charge in [-0.25, -0.2) is 13.1 Å². The average Bonchev–Trinajstić information content (AvgIpc) is 3.02. The zero-order chi connectivity index (χ0) is 13.2. The molecule has 0 saturated heterocycles. The van der Waals surface area contributed by atoms with Crippen molar-refractivity contribution in [3.05, 3.63) is 17.9 Å². The highest BCUT2D eigenvalue weighted by Crippen LogP contribution is 2.20. The van der Waals surface area contributed by atoms with Crippen molar-refractivity contribution in [1.82, 2.24) is 10.0 Å². The zero-order valence-corrected chi connectivity index (χ0v) is 11.6. The van der Waals surface area contributed by atoms with Crippen LogP contribution in [-0.2, 0) is 16.6 Å². The third kappa shape index (κ3) is 3.57. The third-order valence-electron chi connectivity index (χ3n) is 3.01. The Morgan fingerprint density at radius 2 is 2.17 bits per heavy atom. The minimum Gasteiger partial charge on any atom is -0.447 e. The molecule has 1 aromatic rings. The van der Waals surface area contributed by atoms with E-state index in [1.807, 2.05) is 13.8 Å². The van der Waals surface area contributed by atoms with Crippen molar-refractivity contribution in [2.45, 2.75) is 56.8 Å². The van der Waals surface area contributed by atoms with Crippen LogP contribution in [0.2, 0.25) is 0 Å². The smallest absolute Gasteiger partial charge is 0.274 e. The van der Waals surface area contributed by atoms with Crippen molar-refractivity contribution in [2.24, 2.45) is 0 Å². The van der Waals surface area contributed by atoms with E-state index < -0.39 is 10.0 Å². The fourth-order valence-corrected chi connectivity index (χ4v) is 2.81. The quantitative estimate of drug-likeness (QED) is 0.791. The Morgan fingerprint density at radius 3 is 2.78 bits per heavy atom. The number of nitrogens with one attached hydrogen (secondary N) is 2. The van der Waals surface area contributed by atoms with E-state index in [1.54, 1.807) is 6.07 Å². The van der Waals surface area contributed by atoms with Gasteiger partial charge in [-0.15, -0.1) is 0 Å². The Hall–Kier alpha value is -0.850. The predicted molar refractivity (Wildman–Crippen MR) is 68.6 cm³/mol. The van der Waals surface area contributed by atoms with Gasteiger partial charge in [0.05, 0.1) is 6.54 Å². The Morgan fingerprint density at radius 1 is 1.44 bits per heavy atom. The van der Waals surface area contributed by atoms with Gasteiger partial charge in [0.1, 0.15) is 5.76 Å². The van der Waals surface area contributed by atoms with Crippen molar-refractivity contribution in [3.63, 3.8) is 0 Å². The molecule has 6 heteroatoms. The molecule has 0 bridgehead atoms. The number of hydrogen-bond donors (Lipinski definition) is 2. The first-order valence-electron chi connectivity index (χ1n) is 6.35. The van der Waals surface area contributed by atoms with E-state index in [2.05, 4.69) is 10.0 Å². The Kier molecular flexibility index (Phi) is 4.09. The largest absolute Gasteiger partial charge is 0.447 e. The van der Waals surface area contributed by atoms with Crippen molar-refractivity contribution >= 4 is 10.0 Å². The first kappa shape index (κ1) is 13.6. The van der Waals surface area contributed by atoms with Crippen LogP contribution in [0.1, 0.15) is 38.9 Å². The molecule has 1 saturated carbocycles. The normalized spacial score (nSPS) is 17.9. The van der Waals surface area contributed by atoms with Gasteiger partial charge < -0.3 is 9.73 Å². The number of rotatable bonds is 7. The van der Waals surface area contributed by atoms with Gasteiger partial charge in [-0.05, 0) is 38.3 Å². The predicted octanol–water partition coefficient (Wildman–Crippen LogP) is 1.61. The molecule has 18 heavy (non-hydrogen) atoms. The highest BCUT2D eigenvalue weighted by molar-refractivity contribution is 7.89. The molecule has 0 aliphatic heterocycles. The summed E-state index contributed by atoms with van der Waals surface area (Å²) in [6.45, 7) is 4.35. The highest BCUT2D eigenvalue weighted by atomic mass is 32.2. The molecule has 1 aliphatic carbocycles. The van der Waals surface area contributed by atoms with E-state index in [9.17, 15) is 8.42 Å². The summed E-state index contributed by atoms with van der Waals surface area (Å²) in [5.41, 5.74) is 0. The van der Waals surface area contributed by atoms with E-state index in [-0.39, 0.29) is 11.1 Å². The summed E-state index contributed by atoms with van der Waals surface area (Å²) in [4.78, 5) is 0. The van der Waals surface area contributed by atoms with Crippen molar-refractivity contribution in [1.29, 1.82) is 0 Å². The van der Waals surface area contributed by atoms with E-state index in [1.165, 1.54) is 18.9 Å². The fraction of sp³-hybridized carbons (Fsp3) is 0.667. The van der Waals surface area contributed by atoms with Crippen molar-refractivity contribution in [3.8, 4) is 0 Å². The second kappa shape index (κ2) is 5.42. The minimum atomic E-state index is -3.52. The number of sulfonamides is 1. The molecule has 1 aliphatic rings. The topological polar surface area (TPSA) is 71.3 Å². The summed E-state index contributed by atoms with van der Waals surface area (Å²) in [6, 6.07) is 3.70. The lowest BCUT2D eigenvalue weighted by atomic mass is 10.3. The van der Waals surface area contributed by atoms with E-state index in [4.69, 9.17) is 4.42 Å². The molecule has 0 radical (unpaired) electrons. The molecule has 1 atom stereocenters. The Labute approximate surface area is 108 Å². The molecule has 102 valence electrons. The van der Waals surface area contributed by atoms with E-state index in [0.717, 1.165) is 6.42 Å². The molecule has 5 nitrogen and oxygen atoms in total. The van der Waals surface area contributed by atoms with Crippen LogP contribution in [0.5, 0.6) is 0 Å². The molecule has 0 amide bonds. The van der Waals surface area contributed by atoms with Crippen LogP contribution in [0.4, 0.5) is 0 Å². The lowest BCUT2D eigenvalue weighted by molar-refractivity contribution is 0.397. The zero-order valence-electron chi connectivity index (χ0n) is 10.8. The first-order chi connectivity index (χ1) is 8.51. The number of furan rings is 1. The Balaban J connectivity index is 1.98. The molecule has 0 spiro atoms. The summed E-state index contributed by atoms with van der Waals surface area (Å²) in [5.74, 6) is 0.659. The van der Waals surface area contributed by atoms with Gasteiger partial charge in [-0.2, -0.15) is 0 Å². The molecule has 1 heterocycles. The van der Waals surface area contributed by atoms with Crippen LogP contribution >= 0.6 is 0 Å². The third-order valence-corrected chi connectivity index (χ3v) is 4.47. The summed E-state index contributed by atoms with van der Waals surface area (Å²) in [5, 5.41) is 3.28. The maximum atomic E-state index is 11.9. The molecular weight excluding hydrogens is 252 g/mol. The molecular formula is C12H20N2O3S. The van der Waals surface area contributed by atoms with Crippen LogP contribution < -0.4 is 10.0 Å². The molecule has 1 unspecified atom stereocenters. The van der Waals surface area contributed by atoms with Gasteiger partial charge in [-0.3, -0.25) is 0 Å². The summed E-state index contributed by atoms with van der Waals surface area (Å²) in [7, 11) is -3.52. The SMILES string of the molecule is CCC(C)NS(=O)(=O)c1ccc(CNC2CC2)o1. The van der Waals surface area contributed by atoms with E-state index in [0.29, 0.717) is 18.3 Å². The van der Waals surface area contributed by atoms with Gasteiger partial charge in [0.2, 0.25) is 5.09 Å². The summed E-state index contributed by atoms with van der Waals surface area (Å²) < 4.78 is 31.8. The molecule has 2 N–H and O–H groups in total. The summed E-state index contributed by atoms with van der Waals surface area (Å²) >= 11 is 0. The molecule has 0 aromatic carbocycles. The van der Waals surface area contributed by atoms with Gasteiger partial charge in [0, 0.05) is 12.1 Å². The molecule has 1 fully saturated rings. The lowest BCUT2D eigenvalue weighted by Gasteiger charge is -2.09. The van der Waals surface area contributed by atoms with Gasteiger partial charge in [0.15, 0.2) is 0 Å². The minimum absolute atomic E-state index is 0.00426. The van der Waals surface area contributed by atoms with Crippen molar-refractivity contribution < 1.29 is 12.8 Å². The van der Waals surface area contributed by atoms with Gasteiger partial charge in [0.25, 0.3) is 10.0 Å². The van der Waals surface area contributed by atoms with E-state index >= 15 is 0 Å². The molecule has 2 rings (SSSR count). The monoisotopic (exact) mass is 272 g/mol. The average molecular weight is 272 g/mol. The maximum Gasteiger partial charge on any atom is 0.274 e. The second-order valence-electron chi connectivity index (χ2n) is 4.81. The second-order valence-corrected chi connectivity index (χ2v) is 6.45. The molecule has 1 aromatic heterocycles. The van der Waals surface area contributed by atoms with Crippen LogP contribution in [-0.4, -0.2) is 20.5 Å². The number of hydrogen-bond acceptors (Lipinski definition) is 4. The first-order valence-corrected chi connectivity index (χ1v) is 7.84. The Bertz CT molecular complexity index is 491. The van der Waals surface area contributed by atoms with Crippen LogP contribution in [0.3, 0.4) is 0 Å². The van der Waals surface area contributed by atoms with Gasteiger partial charge >= 0.3 is 0 Å². The highest BCUT2D eigenvalue weighted by Gasteiger charge is 2.23. The van der Waals surface area contributed by atoms with Crippen LogP contribution in [0.15, 0.2) is 21.6 Å². The lowest BCUT2D eigenvalue weighted by Crippen LogP contribution is -2.31. The fourth-order valence-electron chi connectivity index (χ4n) is 1.54. The van der Waals surface area contributed by atoms with Crippen LogP contribution in [0, 0.1) is 0 Å². The van der Waals surface area contributed by atoms with Crippen LogP contribution in [0.25, 0.3) is 0 Å². The maximum absolute atomic E-state index is 11.9. The summed E-state index contributed by atoms with van der Waals surface area (Å²) in [6.07, 6.45) is 3.14. The van der Waals surface area contributed by atoms with Crippen molar-refractivity contribution in [2.75, 3.05) is 0 Å².